The van der Waals surface area contributed by atoms with E-state index in [4.69, 9.17) is 0 Å². The van der Waals surface area contributed by atoms with Gasteiger partial charge in [0.05, 0.1) is 13.5 Å². The number of alkyl halides is 3. The maximum Gasteiger partial charge on any atom is 0.390 e. The van der Waals surface area contributed by atoms with Crippen molar-refractivity contribution in [2.45, 2.75) is 38.9 Å². The van der Waals surface area contributed by atoms with Crippen LogP contribution >= 0.6 is 0 Å². The fourth-order valence-corrected chi connectivity index (χ4v) is 1.31. The van der Waals surface area contributed by atoms with Gasteiger partial charge in [-0.15, -0.1) is 0 Å². The zero-order valence-electron chi connectivity index (χ0n) is 10.2. The van der Waals surface area contributed by atoms with Crippen molar-refractivity contribution >= 4 is 5.97 Å². The van der Waals surface area contributed by atoms with E-state index in [0.29, 0.717) is 12.0 Å². The van der Waals surface area contributed by atoms with Crippen molar-refractivity contribution in [3.8, 4) is 0 Å². The number of rotatable bonds is 6. The third-order valence-electron chi connectivity index (χ3n) is 2.18. The molecule has 0 spiro atoms. The number of nitrogens with one attached hydrogen (secondary N) is 1. The zero-order chi connectivity index (χ0) is 13.5. The summed E-state index contributed by atoms with van der Waals surface area (Å²) in [5.41, 5.74) is 0.458. The van der Waals surface area contributed by atoms with Gasteiger partial charge in [-0.1, -0.05) is 13.0 Å². The lowest BCUT2D eigenvalue weighted by Gasteiger charge is -2.14. The number of hydrogen-bond donors (Lipinski definition) is 1. The molecule has 0 aromatic heterocycles. The van der Waals surface area contributed by atoms with E-state index >= 15 is 0 Å². The van der Waals surface area contributed by atoms with E-state index in [1.165, 1.54) is 14.0 Å². The number of ether oxygens (including phenoxy) is 1. The largest absolute Gasteiger partial charge is 0.466 e. The van der Waals surface area contributed by atoms with Gasteiger partial charge in [-0.3, -0.25) is 0 Å². The topological polar surface area (TPSA) is 38.3 Å². The van der Waals surface area contributed by atoms with Crippen LogP contribution in [0.2, 0.25) is 0 Å². The molecule has 0 bridgehead atoms. The van der Waals surface area contributed by atoms with E-state index in [0.717, 1.165) is 0 Å². The monoisotopic (exact) mass is 253 g/mol. The third kappa shape index (κ3) is 7.79. The van der Waals surface area contributed by atoms with Crippen LogP contribution in [0.1, 0.15) is 26.7 Å². The number of hydrogen-bond acceptors (Lipinski definition) is 3. The van der Waals surface area contributed by atoms with Crippen molar-refractivity contribution in [1.29, 1.82) is 0 Å². The molecular weight excluding hydrogens is 235 g/mol. The van der Waals surface area contributed by atoms with Crippen LogP contribution in [0.3, 0.4) is 0 Å². The Morgan fingerprint density at radius 1 is 1.47 bits per heavy atom. The molecule has 0 heterocycles. The van der Waals surface area contributed by atoms with Gasteiger partial charge in [-0.25, -0.2) is 4.79 Å². The molecule has 0 radical (unpaired) electrons. The minimum atomic E-state index is -4.17. The average molecular weight is 253 g/mol. The Hall–Kier alpha value is -1.04. The van der Waals surface area contributed by atoms with Crippen LogP contribution in [0.5, 0.6) is 0 Å². The van der Waals surface area contributed by atoms with Crippen molar-refractivity contribution < 1.29 is 22.7 Å². The quantitative estimate of drug-likeness (QED) is 0.583. The fraction of sp³-hybridized carbons (Fsp3) is 0.727. The number of carbonyl (C=O) groups excluding carboxylic acids is 1. The second kappa shape index (κ2) is 7.32. The average Bonchev–Trinajstić information content (AvgIpc) is 2.21. The van der Waals surface area contributed by atoms with Gasteiger partial charge in [0.15, 0.2) is 0 Å². The highest BCUT2D eigenvalue weighted by Crippen LogP contribution is 2.21. The Morgan fingerprint density at radius 2 is 2.06 bits per heavy atom. The van der Waals surface area contributed by atoms with Crippen LogP contribution in [0.25, 0.3) is 0 Å². The first-order valence-corrected chi connectivity index (χ1v) is 5.37. The first kappa shape index (κ1) is 16.0. The Morgan fingerprint density at radius 3 is 2.47 bits per heavy atom. The SMILES string of the molecule is CCC(=CCNC(C)CC(F)(F)F)C(=O)OC. The number of carbonyl (C=O) groups is 1. The molecule has 3 nitrogen and oxygen atoms in total. The molecule has 6 heteroatoms. The summed E-state index contributed by atoms with van der Waals surface area (Å²) in [5.74, 6) is -0.447. The van der Waals surface area contributed by atoms with Crippen LogP contribution in [-0.4, -0.2) is 31.8 Å². The summed E-state index contributed by atoms with van der Waals surface area (Å²) in [7, 11) is 1.27. The maximum atomic E-state index is 12.0. The molecule has 0 aliphatic rings. The molecule has 0 fully saturated rings. The molecular formula is C11H18F3NO2. The fourth-order valence-electron chi connectivity index (χ4n) is 1.31. The smallest absolute Gasteiger partial charge is 0.390 e. The highest BCUT2D eigenvalue weighted by atomic mass is 19.4. The first-order chi connectivity index (χ1) is 7.80. The molecule has 0 aromatic rings. The Kier molecular flexibility index (Phi) is 6.87. The summed E-state index contributed by atoms with van der Waals surface area (Å²) in [4.78, 5) is 11.1. The van der Waals surface area contributed by atoms with E-state index in [1.54, 1.807) is 13.0 Å². The van der Waals surface area contributed by atoms with Crippen molar-refractivity contribution in [2.75, 3.05) is 13.7 Å². The minimum Gasteiger partial charge on any atom is -0.466 e. The van der Waals surface area contributed by atoms with Crippen molar-refractivity contribution in [1.82, 2.24) is 5.32 Å². The van der Waals surface area contributed by atoms with Crippen molar-refractivity contribution in [2.24, 2.45) is 0 Å². The molecule has 0 aliphatic carbocycles. The molecule has 0 amide bonds. The molecule has 17 heavy (non-hydrogen) atoms. The van der Waals surface area contributed by atoms with E-state index in [1.807, 2.05) is 0 Å². The Labute approximate surface area is 99.0 Å². The third-order valence-corrected chi connectivity index (χ3v) is 2.18. The molecule has 1 atom stereocenters. The normalized spacial score (nSPS) is 14.6. The van der Waals surface area contributed by atoms with Crippen LogP contribution in [-0.2, 0) is 9.53 Å². The molecule has 0 saturated carbocycles. The Bertz CT molecular complexity index is 274. The molecule has 1 N–H and O–H groups in total. The van der Waals surface area contributed by atoms with E-state index < -0.39 is 24.6 Å². The van der Waals surface area contributed by atoms with Gasteiger partial charge in [0.2, 0.25) is 0 Å². The summed E-state index contributed by atoms with van der Waals surface area (Å²) >= 11 is 0. The van der Waals surface area contributed by atoms with Crippen LogP contribution in [0, 0.1) is 0 Å². The van der Waals surface area contributed by atoms with Gasteiger partial charge in [-0.05, 0) is 13.3 Å². The predicted molar refractivity (Wildman–Crippen MR) is 58.5 cm³/mol. The summed E-state index contributed by atoms with van der Waals surface area (Å²) in [6, 6.07) is -0.679. The summed E-state index contributed by atoms with van der Waals surface area (Å²) < 4.78 is 40.6. The van der Waals surface area contributed by atoms with E-state index in [2.05, 4.69) is 10.1 Å². The first-order valence-electron chi connectivity index (χ1n) is 5.37. The Balaban J connectivity index is 4.11. The summed E-state index contributed by atoms with van der Waals surface area (Å²) in [6.07, 6.45) is -3.02. The second-order valence-corrected chi connectivity index (χ2v) is 3.70. The van der Waals surface area contributed by atoms with E-state index in [9.17, 15) is 18.0 Å². The van der Waals surface area contributed by atoms with E-state index in [-0.39, 0.29) is 6.54 Å². The van der Waals surface area contributed by atoms with Crippen LogP contribution in [0.4, 0.5) is 13.2 Å². The second-order valence-electron chi connectivity index (χ2n) is 3.70. The van der Waals surface area contributed by atoms with Gasteiger partial charge in [0.25, 0.3) is 0 Å². The highest BCUT2D eigenvalue weighted by molar-refractivity contribution is 5.88. The minimum absolute atomic E-state index is 0.218. The van der Waals surface area contributed by atoms with Crippen LogP contribution < -0.4 is 5.32 Å². The summed E-state index contributed by atoms with van der Waals surface area (Å²) in [5, 5.41) is 2.68. The number of halogens is 3. The lowest BCUT2D eigenvalue weighted by Crippen LogP contribution is -2.31. The van der Waals surface area contributed by atoms with Crippen molar-refractivity contribution in [3.05, 3.63) is 11.6 Å². The van der Waals surface area contributed by atoms with Gasteiger partial charge < -0.3 is 10.1 Å². The van der Waals surface area contributed by atoms with Gasteiger partial charge in [0, 0.05) is 18.2 Å². The maximum absolute atomic E-state index is 12.0. The lowest BCUT2D eigenvalue weighted by atomic mass is 10.2. The van der Waals surface area contributed by atoms with Gasteiger partial charge >= 0.3 is 12.1 Å². The molecule has 0 aromatic carbocycles. The molecule has 0 saturated heterocycles. The number of methoxy groups -OCH3 is 1. The lowest BCUT2D eigenvalue weighted by molar-refractivity contribution is -0.139. The predicted octanol–water partition coefficient (Wildman–Crippen LogP) is 2.43. The molecule has 0 aliphatic heterocycles. The van der Waals surface area contributed by atoms with Gasteiger partial charge in [-0.2, -0.15) is 13.2 Å². The van der Waals surface area contributed by atoms with Gasteiger partial charge in [0.1, 0.15) is 0 Å². The number of esters is 1. The zero-order valence-corrected chi connectivity index (χ0v) is 10.2. The summed E-state index contributed by atoms with van der Waals surface area (Å²) in [6.45, 7) is 3.45. The highest BCUT2D eigenvalue weighted by Gasteiger charge is 2.29. The van der Waals surface area contributed by atoms with Crippen LogP contribution in [0.15, 0.2) is 11.6 Å². The molecule has 1 unspecified atom stereocenters. The molecule has 100 valence electrons. The van der Waals surface area contributed by atoms with Crippen molar-refractivity contribution in [3.63, 3.8) is 0 Å². The standard InChI is InChI=1S/C11H18F3NO2/c1-4-9(10(16)17-3)5-6-15-8(2)7-11(12,13)14/h5,8,15H,4,6-7H2,1-3H3. The molecule has 0 rings (SSSR count).